The Morgan fingerprint density at radius 1 is 1.21 bits per heavy atom. The van der Waals surface area contributed by atoms with E-state index >= 15 is 0 Å². The first-order chi connectivity index (χ1) is 15.9. The van der Waals surface area contributed by atoms with Gasteiger partial charge in [-0.2, -0.15) is 0 Å². The van der Waals surface area contributed by atoms with Crippen molar-refractivity contribution in [1.29, 1.82) is 0 Å². The molecule has 1 atom stereocenters. The van der Waals surface area contributed by atoms with Crippen molar-refractivity contribution >= 4 is 39.1 Å². The fraction of sp³-hybridized carbons (Fsp3) is 0.462. The standard InChI is InChI=1S/C26H31N3O3S/c1-4-20-14-21-23(33-20)15-22-24(30)29(18-11-8-12-19(13-18)32-3)26(2,16-28(21)22)25(31)27-17-9-6-5-7-10-17/h8,11-15,17H,4-7,9-10,16H2,1-3H3,(H,27,31). The highest BCUT2D eigenvalue weighted by molar-refractivity contribution is 7.19. The van der Waals surface area contributed by atoms with E-state index in [-0.39, 0.29) is 17.9 Å². The highest BCUT2D eigenvalue weighted by Gasteiger charge is 2.49. The highest BCUT2D eigenvalue weighted by Crippen LogP contribution is 2.39. The van der Waals surface area contributed by atoms with E-state index in [2.05, 4.69) is 18.3 Å². The molecule has 0 radical (unpaired) electrons. The average molecular weight is 466 g/mol. The molecule has 33 heavy (non-hydrogen) atoms. The lowest BCUT2D eigenvalue weighted by molar-refractivity contribution is -0.127. The second-order valence-corrected chi connectivity index (χ2v) is 10.5. The Kier molecular flexibility index (Phi) is 5.69. The zero-order valence-electron chi connectivity index (χ0n) is 19.5. The topological polar surface area (TPSA) is 63.6 Å². The van der Waals surface area contributed by atoms with Crippen molar-refractivity contribution in [3.63, 3.8) is 0 Å². The van der Waals surface area contributed by atoms with Crippen LogP contribution in [0, 0.1) is 0 Å². The van der Waals surface area contributed by atoms with Crippen LogP contribution in [0.4, 0.5) is 5.69 Å². The van der Waals surface area contributed by atoms with Crippen LogP contribution in [0.15, 0.2) is 36.4 Å². The zero-order chi connectivity index (χ0) is 23.2. The molecule has 1 aliphatic carbocycles. The predicted molar refractivity (Wildman–Crippen MR) is 132 cm³/mol. The molecule has 174 valence electrons. The number of fused-ring (bicyclic) bond motifs is 3. The van der Waals surface area contributed by atoms with E-state index in [0.717, 1.165) is 42.3 Å². The van der Waals surface area contributed by atoms with E-state index in [9.17, 15) is 9.59 Å². The molecule has 2 aliphatic rings. The van der Waals surface area contributed by atoms with E-state index in [1.165, 1.54) is 11.3 Å². The van der Waals surface area contributed by atoms with E-state index in [1.54, 1.807) is 23.3 Å². The van der Waals surface area contributed by atoms with E-state index in [1.807, 2.05) is 41.8 Å². The Hall–Kier alpha value is -2.80. The Labute approximate surface area is 198 Å². The van der Waals surface area contributed by atoms with Gasteiger partial charge in [0, 0.05) is 22.7 Å². The maximum absolute atomic E-state index is 13.9. The fourth-order valence-corrected chi connectivity index (χ4v) is 6.29. The van der Waals surface area contributed by atoms with Crippen molar-refractivity contribution in [2.24, 2.45) is 0 Å². The van der Waals surface area contributed by atoms with Crippen molar-refractivity contribution < 1.29 is 14.3 Å². The molecule has 2 aromatic heterocycles. The first-order valence-corrected chi connectivity index (χ1v) is 12.7. The number of carbonyl (C=O) groups is 2. The molecule has 6 nitrogen and oxygen atoms in total. The summed E-state index contributed by atoms with van der Waals surface area (Å²) in [4.78, 5) is 30.8. The van der Waals surface area contributed by atoms with Gasteiger partial charge in [-0.3, -0.25) is 14.5 Å². The minimum absolute atomic E-state index is 0.0935. The van der Waals surface area contributed by atoms with Gasteiger partial charge in [0.2, 0.25) is 5.91 Å². The zero-order valence-corrected chi connectivity index (χ0v) is 20.3. The molecule has 7 heteroatoms. The van der Waals surface area contributed by atoms with Gasteiger partial charge in [-0.25, -0.2) is 0 Å². The third kappa shape index (κ3) is 3.72. The van der Waals surface area contributed by atoms with Gasteiger partial charge in [0.1, 0.15) is 17.0 Å². The summed E-state index contributed by atoms with van der Waals surface area (Å²) in [5.74, 6) is 0.408. The van der Waals surface area contributed by atoms with Crippen LogP contribution in [0.2, 0.25) is 0 Å². The van der Waals surface area contributed by atoms with Crippen molar-refractivity contribution in [3.8, 4) is 5.75 Å². The van der Waals surface area contributed by atoms with Crippen LogP contribution in [-0.4, -0.2) is 35.1 Å². The number of benzene rings is 1. The molecule has 2 amide bonds. The molecule has 0 saturated heterocycles. The largest absolute Gasteiger partial charge is 0.497 e. The van der Waals surface area contributed by atoms with Gasteiger partial charge in [-0.15, -0.1) is 11.3 Å². The number of aryl methyl sites for hydroxylation is 1. The van der Waals surface area contributed by atoms with Gasteiger partial charge in [0.25, 0.3) is 5.91 Å². The Balaban J connectivity index is 1.61. The van der Waals surface area contributed by atoms with Crippen LogP contribution in [0.3, 0.4) is 0 Å². The van der Waals surface area contributed by atoms with E-state index in [0.29, 0.717) is 23.7 Å². The van der Waals surface area contributed by atoms with Gasteiger partial charge in [-0.1, -0.05) is 32.3 Å². The molecule has 3 aromatic rings. The van der Waals surface area contributed by atoms with Crippen LogP contribution in [0.5, 0.6) is 5.75 Å². The molecule has 1 aromatic carbocycles. The number of hydrogen-bond donors (Lipinski definition) is 1. The predicted octanol–water partition coefficient (Wildman–Crippen LogP) is 5.14. The smallest absolute Gasteiger partial charge is 0.275 e. The normalized spacial score (nSPS) is 21.3. The molecule has 1 N–H and O–H groups in total. The van der Waals surface area contributed by atoms with Gasteiger partial charge >= 0.3 is 0 Å². The third-order valence-electron chi connectivity index (χ3n) is 7.11. The Morgan fingerprint density at radius 2 is 2.00 bits per heavy atom. The van der Waals surface area contributed by atoms with Gasteiger partial charge < -0.3 is 14.6 Å². The molecule has 1 aliphatic heterocycles. The lowest BCUT2D eigenvalue weighted by atomic mass is 9.91. The maximum Gasteiger partial charge on any atom is 0.275 e. The summed E-state index contributed by atoms with van der Waals surface area (Å²) in [6.07, 6.45) is 6.45. The number of amides is 2. The number of aromatic nitrogens is 1. The fourth-order valence-electron chi connectivity index (χ4n) is 5.24. The third-order valence-corrected chi connectivity index (χ3v) is 8.33. The van der Waals surface area contributed by atoms with E-state index in [4.69, 9.17) is 4.74 Å². The average Bonchev–Trinajstić information content (AvgIpc) is 3.38. The molecule has 1 saturated carbocycles. The summed E-state index contributed by atoms with van der Waals surface area (Å²) >= 11 is 1.72. The second kappa shape index (κ2) is 8.52. The Morgan fingerprint density at radius 3 is 2.73 bits per heavy atom. The number of nitrogens with zero attached hydrogens (tertiary/aromatic N) is 2. The number of methoxy groups -OCH3 is 1. The number of hydrogen-bond acceptors (Lipinski definition) is 4. The summed E-state index contributed by atoms with van der Waals surface area (Å²) < 4.78 is 8.56. The molecule has 1 unspecified atom stereocenters. The number of nitrogens with one attached hydrogen (secondary N) is 1. The number of carbonyl (C=O) groups excluding carboxylic acids is 2. The summed E-state index contributed by atoms with van der Waals surface area (Å²) in [5.41, 5.74) is 1.28. The van der Waals surface area contributed by atoms with Crippen molar-refractivity contribution in [2.45, 2.75) is 70.5 Å². The summed E-state index contributed by atoms with van der Waals surface area (Å²) in [6, 6.07) is 11.7. The van der Waals surface area contributed by atoms with Crippen molar-refractivity contribution in [1.82, 2.24) is 9.88 Å². The van der Waals surface area contributed by atoms with Crippen molar-refractivity contribution in [3.05, 3.63) is 47.0 Å². The molecular weight excluding hydrogens is 434 g/mol. The summed E-state index contributed by atoms with van der Waals surface area (Å²) in [6.45, 7) is 4.44. The summed E-state index contributed by atoms with van der Waals surface area (Å²) in [7, 11) is 1.61. The first kappa shape index (κ1) is 22.0. The molecule has 0 bridgehead atoms. The molecule has 5 rings (SSSR count). The Bertz CT molecular complexity index is 1210. The van der Waals surface area contributed by atoms with Gasteiger partial charge in [0.05, 0.1) is 23.9 Å². The first-order valence-electron chi connectivity index (χ1n) is 11.9. The second-order valence-electron chi connectivity index (χ2n) is 9.36. The van der Waals surface area contributed by atoms with Crippen molar-refractivity contribution in [2.75, 3.05) is 12.0 Å². The minimum atomic E-state index is -1.06. The lowest BCUT2D eigenvalue weighted by Crippen LogP contribution is -2.65. The SMILES string of the molecule is CCc1cc2c(cc3n2CC(C)(C(=O)NC2CCCCC2)N(c2cccc(OC)c2)C3=O)s1. The minimum Gasteiger partial charge on any atom is -0.497 e. The van der Waals surface area contributed by atoms with E-state index < -0.39 is 5.54 Å². The number of rotatable bonds is 5. The molecular formula is C26H31N3O3S. The van der Waals surface area contributed by atoms with Crippen LogP contribution in [-0.2, 0) is 17.8 Å². The molecule has 3 heterocycles. The van der Waals surface area contributed by atoms with Crippen LogP contribution in [0.25, 0.3) is 10.2 Å². The quantitative estimate of drug-likeness (QED) is 0.567. The lowest BCUT2D eigenvalue weighted by Gasteiger charge is -2.44. The monoisotopic (exact) mass is 465 g/mol. The van der Waals surface area contributed by atoms with Crippen LogP contribution in [0.1, 0.15) is 61.3 Å². The number of thiophene rings is 1. The van der Waals surface area contributed by atoms with Crippen LogP contribution < -0.4 is 15.0 Å². The molecule has 1 fully saturated rings. The number of ether oxygens (including phenoxy) is 1. The van der Waals surface area contributed by atoms with Gasteiger partial charge in [0.15, 0.2) is 0 Å². The summed E-state index contributed by atoms with van der Waals surface area (Å²) in [5, 5.41) is 3.29. The molecule has 0 spiro atoms. The number of anilines is 1. The maximum atomic E-state index is 13.9. The highest BCUT2D eigenvalue weighted by atomic mass is 32.1. The van der Waals surface area contributed by atoms with Crippen LogP contribution >= 0.6 is 11.3 Å². The van der Waals surface area contributed by atoms with Gasteiger partial charge in [-0.05, 0) is 50.5 Å².